The molecule has 5 heteroatoms. The lowest BCUT2D eigenvalue weighted by molar-refractivity contribution is 0.0945. The highest BCUT2D eigenvalue weighted by Gasteiger charge is 2.23. The number of nitrogens with zero attached hydrogens (tertiary/aromatic N) is 2. The molecule has 1 aromatic heterocycles. The van der Waals surface area contributed by atoms with Crippen LogP contribution >= 0.6 is 0 Å². The molecule has 1 aromatic carbocycles. The third-order valence-electron chi connectivity index (χ3n) is 7.91. The Kier molecular flexibility index (Phi) is 8.71. The molecular formula is C29H43N3O2. The number of carbonyl (C=O) groups is 1. The van der Waals surface area contributed by atoms with Crippen LogP contribution in [-0.2, 0) is 13.0 Å². The fourth-order valence-corrected chi connectivity index (χ4v) is 5.80. The predicted molar refractivity (Wildman–Crippen MR) is 140 cm³/mol. The Hall–Kier alpha value is -2.27. The van der Waals surface area contributed by atoms with Crippen molar-refractivity contribution < 1.29 is 9.53 Å². The van der Waals surface area contributed by atoms with Gasteiger partial charge in [-0.05, 0) is 81.8 Å². The van der Waals surface area contributed by atoms with Gasteiger partial charge in [0.15, 0.2) is 0 Å². The SMILES string of the molecule is CCc1ccc(OC)cc1-c1cc(C(=O)NCCN2CCCCC2)c(C)n1CC1CCCCC1. The largest absolute Gasteiger partial charge is 0.497 e. The topological polar surface area (TPSA) is 46.5 Å². The maximum absolute atomic E-state index is 13.3. The van der Waals surface area contributed by atoms with Crippen LogP contribution in [0.2, 0.25) is 0 Å². The van der Waals surface area contributed by atoms with Crippen LogP contribution in [0.15, 0.2) is 24.3 Å². The number of ether oxygens (including phenoxy) is 1. The standard InChI is InChI=1S/C29H43N3O2/c1-4-24-13-14-25(34-3)19-27(24)28-20-26(22(2)32(28)21-23-11-7-5-8-12-23)29(33)30-15-18-31-16-9-6-10-17-31/h13-14,19-20,23H,4-12,15-18,21H2,1-3H3,(H,30,33). The molecule has 1 aliphatic carbocycles. The van der Waals surface area contributed by atoms with Crippen LogP contribution in [-0.4, -0.2) is 48.7 Å². The lowest BCUT2D eigenvalue weighted by Crippen LogP contribution is -2.37. The zero-order valence-corrected chi connectivity index (χ0v) is 21.5. The maximum Gasteiger partial charge on any atom is 0.253 e. The van der Waals surface area contributed by atoms with Crippen LogP contribution in [0.3, 0.4) is 0 Å². The fraction of sp³-hybridized carbons (Fsp3) is 0.621. The van der Waals surface area contributed by atoms with Crippen LogP contribution < -0.4 is 10.1 Å². The van der Waals surface area contributed by atoms with Crippen LogP contribution in [0.5, 0.6) is 5.75 Å². The van der Waals surface area contributed by atoms with Crippen molar-refractivity contribution in [3.63, 3.8) is 0 Å². The monoisotopic (exact) mass is 465 g/mol. The maximum atomic E-state index is 13.3. The molecular weight excluding hydrogens is 422 g/mol. The molecule has 0 bridgehead atoms. The summed E-state index contributed by atoms with van der Waals surface area (Å²) in [6.07, 6.45) is 11.4. The average Bonchev–Trinajstić information content (AvgIpc) is 3.20. The number of aryl methyl sites for hydroxylation is 1. The van der Waals surface area contributed by atoms with Crippen molar-refractivity contribution in [1.82, 2.24) is 14.8 Å². The Balaban J connectivity index is 1.60. The number of methoxy groups -OCH3 is 1. The number of benzene rings is 1. The van der Waals surface area contributed by atoms with E-state index in [9.17, 15) is 4.79 Å². The van der Waals surface area contributed by atoms with Crippen molar-refractivity contribution in [1.29, 1.82) is 0 Å². The first-order chi connectivity index (χ1) is 16.6. The van der Waals surface area contributed by atoms with Gasteiger partial charge in [-0.1, -0.05) is 38.7 Å². The molecule has 0 unspecified atom stereocenters. The summed E-state index contributed by atoms with van der Waals surface area (Å²) in [7, 11) is 1.72. The molecule has 1 aliphatic heterocycles. The van der Waals surface area contributed by atoms with Crippen LogP contribution in [0.1, 0.15) is 79.9 Å². The van der Waals surface area contributed by atoms with Gasteiger partial charge in [0.05, 0.1) is 12.7 Å². The number of nitrogens with one attached hydrogen (secondary N) is 1. The highest BCUT2D eigenvalue weighted by molar-refractivity contribution is 5.97. The minimum Gasteiger partial charge on any atom is -0.497 e. The third-order valence-corrected chi connectivity index (χ3v) is 7.91. The molecule has 1 amide bonds. The van der Waals surface area contributed by atoms with E-state index in [0.717, 1.165) is 55.3 Å². The highest BCUT2D eigenvalue weighted by Crippen LogP contribution is 2.34. The van der Waals surface area contributed by atoms with Gasteiger partial charge >= 0.3 is 0 Å². The molecule has 4 rings (SSSR count). The lowest BCUT2D eigenvalue weighted by Gasteiger charge is -2.26. The van der Waals surface area contributed by atoms with Gasteiger partial charge in [-0.15, -0.1) is 0 Å². The van der Waals surface area contributed by atoms with E-state index in [1.54, 1.807) is 7.11 Å². The van der Waals surface area contributed by atoms with Gasteiger partial charge in [0, 0.05) is 36.6 Å². The molecule has 2 fully saturated rings. The molecule has 5 nitrogen and oxygen atoms in total. The summed E-state index contributed by atoms with van der Waals surface area (Å²) in [6, 6.07) is 8.48. The Morgan fingerprint density at radius 1 is 1.06 bits per heavy atom. The number of rotatable bonds is 9. The number of piperidine rings is 1. The van der Waals surface area contributed by atoms with Crippen molar-refractivity contribution in [2.24, 2.45) is 5.92 Å². The minimum atomic E-state index is 0.0547. The summed E-state index contributed by atoms with van der Waals surface area (Å²) >= 11 is 0. The number of hydrogen-bond donors (Lipinski definition) is 1. The van der Waals surface area contributed by atoms with Gasteiger partial charge < -0.3 is 19.5 Å². The molecule has 1 N–H and O–H groups in total. The van der Waals surface area contributed by atoms with Crippen LogP contribution in [0.4, 0.5) is 0 Å². The zero-order valence-electron chi connectivity index (χ0n) is 21.5. The van der Waals surface area contributed by atoms with Crippen molar-refractivity contribution >= 4 is 5.91 Å². The average molecular weight is 466 g/mol. The van der Waals surface area contributed by atoms with E-state index in [-0.39, 0.29) is 5.91 Å². The normalized spacial score (nSPS) is 17.6. The van der Waals surface area contributed by atoms with E-state index < -0.39 is 0 Å². The van der Waals surface area contributed by atoms with Crippen molar-refractivity contribution in [2.45, 2.75) is 78.2 Å². The molecule has 2 aromatic rings. The minimum absolute atomic E-state index is 0.0547. The lowest BCUT2D eigenvalue weighted by atomic mass is 9.89. The van der Waals surface area contributed by atoms with Crippen LogP contribution in [0.25, 0.3) is 11.3 Å². The Bertz CT molecular complexity index is 953. The molecule has 2 heterocycles. The van der Waals surface area contributed by atoms with Crippen molar-refractivity contribution in [3.05, 3.63) is 41.1 Å². The summed E-state index contributed by atoms with van der Waals surface area (Å²) < 4.78 is 7.99. The highest BCUT2D eigenvalue weighted by atomic mass is 16.5. The second-order valence-corrected chi connectivity index (χ2v) is 10.2. The molecule has 1 saturated carbocycles. The molecule has 0 radical (unpaired) electrons. The van der Waals surface area contributed by atoms with E-state index in [2.05, 4.69) is 46.8 Å². The number of likely N-dealkylation sites (tertiary alicyclic amines) is 1. The number of hydrogen-bond acceptors (Lipinski definition) is 3. The van der Waals surface area contributed by atoms with Gasteiger partial charge in [0.25, 0.3) is 5.91 Å². The van der Waals surface area contributed by atoms with Gasteiger partial charge in [-0.25, -0.2) is 0 Å². The zero-order chi connectivity index (χ0) is 23.9. The molecule has 0 spiro atoms. The molecule has 1 saturated heterocycles. The molecule has 0 atom stereocenters. The van der Waals surface area contributed by atoms with E-state index in [0.29, 0.717) is 12.5 Å². The summed E-state index contributed by atoms with van der Waals surface area (Å²) in [5.41, 5.74) is 5.53. The van der Waals surface area contributed by atoms with Gasteiger partial charge in [-0.3, -0.25) is 4.79 Å². The Labute approximate surface area is 205 Å². The van der Waals surface area contributed by atoms with Gasteiger partial charge in [-0.2, -0.15) is 0 Å². The number of amides is 1. The van der Waals surface area contributed by atoms with Crippen LogP contribution in [0, 0.1) is 12.8 Å². The second kappa shape index (κ2) is 11.9. The van der Waals surface area contributed by atoms with Crippen molar-refractivity contribution in [2.75, 3.05) is 33.3 Å². The summed E-state index contributed by atoms with van der Waals surface area (Å²) in [6.45, 7) is 9.27. The smallest absolute Gasteiger partial charge is 0.253 e. The summed E-state index contributed by atoms with van der Waals surface area (Å²) in [5, 5.41) is 3.22. The number of aromatic nitrogens is 1. The van der Waals surface area contributed by atoms with E-state index in [4.69, 9.17) is 4.74 Å². The first kappa shape index (κ1) is 24.8. The first-order valence-electron chi connectivity index (χ1n) is 13.5. The van der Waals surface area contributed by atoms with Gasteiger partial charge in [0.1, 0.15) is 5.75 Å². The van der Waals surface area contributed by atoms with E-state index in [1.807, 2.05) is 6.07 Å². The summed E-state index contributed by atoms with van der Waals surface area (Å²) in [4.78, 5) is 15.8. The first-order valence-corrected chi connectivity index (χ1v) is 13.5. The number of carbonyl (C=O) groups excluding carboxylic acids is 1. The van der Waals surface area contributed by atoms with E-state index in [1.165, 1.54) is 62.5 Å². The van der Waals surface area contributed by atoms with E-state index >= 15 is 0 Å². The molecule has 186 valence electrons. The predicted octanol–water partition coefficient (Wildman–Crippen LogP) is 5.83. The fourth-order valence-electron chi connectivity index (χ4n) is 5.80. The van der Waals surface area contributed by atoms with Crippen molar-refractivity contribution in [3.8, 4) is 17.0 Å². The Morgan fingerprint density at radius 2 is 1.79 bits per heavy atom. The molecule has 2 aliphatic rings. The summed E-state index contributed by atoms with van der Waals surface area (Å²) in [5.74, 6) is 1.60. The van der Waals surface area contributed by atoms with Gasteiger partial charge in [0.2, 0.25) is 0 Å². The Morgan fingerprint density at radius 3 is 2.50 bits per heavy atom. The second-order valence-electron chi connectivity index (χ2n) is 10.2. The molecule has 34 heavy (non-hydrogen) atoms. The third kappa shape index (κ3) is 5.86. The quantitative estimate of drug-likeness (QED) is 0.507.